The molecule has 0 amide bonds. The molecule has 0 aliphatic heterocycles. The maximum absolute atomic E-state index is 11.0. The van der Waals surface area contributed by atoms with Gasteiger partial charge in [0.2, 0.25) is 5.13 Å². The highest BCUT2D eigenvalue weighted by molar-refractivity contribution is 9.09. The molecular weight excluding hydrogens is 797 g/mol. The number of alkyl halides is 1. The Hall–Kier alpha value is -4.71. The van der Waals surface area contributed by atoms with E-state index in [-0.39, 0.29) is 20.0 Å². The van der Waals surface area contributed by atoms with E-state index in [9.17, 15) is 9.59 Å². The minimum absolute atomic E-state index is 0. The second-order valence-corrected chi connectivity index (χ2v) is 12.5. The normalized spacial score (nSPS) is 8.79. The van der Waals surface area contributed by atoms with E-state index in [4.69, 9.17) is 5.73 Å². The van der Waals surface area contributed by atoms with Crippen molar-refractivity contribution in [3.05, 3.63) is 145 Å². The summed E-state index contributed by atoms with van der Waals surface area (Å²) in [4.78, 5) is 38.3. The van der Waals surface area contributed by atoms with Gasteiger partial charge in [-0.15, -0.1) is 0 Å². The summed E-state index contributed by atoms with van der Waals surface area (Å²) in [6, 6.07) is 38.8. The Morgan fingerprint density at radius 1 is 0.643 bits per heavy atom. The highest BCUT2D eigenvalue weighted by atomic mass is 79.9. The average Bonchev–Trinajstić information content (AvgIpc) is 3.94. The van der Waals surface area contributed by atoms with Gasteiger partial charge in [0, 0.05) is 46.0 Å². The number of carbonyl (C=O) groups excluding carboxylic acids is 2. The summed E-state index contributed by atoms with van der Waals surface area (Å²) in [6.45, 7) is 17.6. The van der Waals surface area contributed by atoms with Crippen molar-refractivity contribution in [2.45, 2.75) is 62.3 Å². The molecule has 299 valence electrons. The van der Waals surface area contributed by atoms with Gasteiger partial charge in [-0.3, -0.25) is 9.59 Å². The van der Waals surface area contributed by atoms with E-state index in [1.165, 1.54) is 22.5 Å². The number of benzene rings is 4. The molecule has 7 nitrogen and oxygen atoms in total. The van der Waals surface area contributed by atoms with E-state index in [1.54, 1.807) is 30.8 Å². The zero-order chi connectivity index (χ0) is 41.9. The van der Waals surface area contributed by atoms with Gasteiger partial charge in [0.25, 0.3) is 0 Å². The number of Topliss-reactive ketones (excluding diaryl/α,β-unsaturated/α-hetero) is 2. The zero-order valence-electron chi connectivity index (χ0n) is 34.9. The van der Waals surface area contributed by atoms with Crippen molar-refractivity contribution in [1.82, 2.24) is 14.9 Å². The number of hydrogen-bond acceptors (Lipinski definition) is 8. The van der Waals surface area contributed by atoms with Gasteiger partial charge in [-0.05, 0) is 18.1 Å². The van der Waals surface area contributed by atoms with Crippen molar-refractivity contribution >= 4 is 75.2 Å². The smallest absolute Gasteiger partial charge is 0.211 e. The topological polar surface area (TPSA) is 102 Å². The lowest BCUT2D eigenvalue weighted by atomic mass is 10.2. The molecule has 56 heavy (non-hydrogen) atoms. The van der Waals surface area contributed by atoms with Crippen LogP contribution in [0.25, 0.3) is 20.9 Å². The van der Waals surface area contributed by atoms with Crippen molar-refractivity contribution in [2.24, 2.45) is 4.99 Å². The first-order valence-corrected chi connectivity index (χ1v) is 21.2. The number of aromatic nitrogens is 2. The van der Waals surface area contributed by atoms with Gasteiger partial charge in [0.1, 0.15) is 0 Å². The molecule has 0 atom stereocenters. The summed E-state index contributed by atoms with van der Waals surface area (Å²) in [7, 11) is 3.88. The molecule has 2 N–H and O–H groups in total. The van der Waals surface area contributed by atoms with Gasteiger partial charge < -0.3 is 10.6 Å². The molecule has 6 aromatic rings. The lowest BCUT2D eigenvalue weighted by Gasteiger charge is -1.99. The number of nitrogens with two attached hydrogens (primary N) is 1. The van der Waals surface area contributed by atoms with E-state index >= 15 is 0 Å². The van der Waals surface area contributed by atoms with Gasteiger partial charge in [0.05, 0.1) is 21.4 Å². The summed E-state index contributed by atoms with van der Waals surface area (Å²) < 4.78 is 0. The number of anilines is 1. The molecule has 2 aromatic heterocycles. The van der Waals surface area contributed by atoms with E-state index in [0.29, 0.717) is 10.5 Å². The number of carbonyl (C=O) groups is 2. The van der Waals surface area contributed by atoms with Crippen molar-refractivity contribution < 1.29 is 9.59 Å². The SMILES string of the molecule is CC.CC.CC.CC.CC(=O)c1ccccc1.CN(C)C=Nc1ncc(-c2ccccc2)s1.Nc1ncc(-c2ccccc2)s1.O=C(CBr)c1ccccc1.[B]. The Morgan fingerprint density at radius 2 is 1.02 bits per heavy atom. The monoisotopic (exact) mass is 856 g/mol. The van der Waals surface area contributed by atoms with Crippen LogP contribution >= 0.6 is 38.6 Å². The van der Waals surface area contributed by atoms with Crippen LogP contribution < -0.4 is 5.73 Å². The molecule has 0 saturated carbocycles. The summed E-state index contributed by atoms with van der Waals surface area (Å²) in [5, 5.41) is 1.80. The third-order valence-corrected chi connectivity index (χ3v) is 8.27. The van der Waals surface area contributed by atoms with Crippen LogP contribution in [0.15, 0.2) is 139 Å². The Bertz CT molecular complexity index is 1800. The Morgan fingerprint density at radius 3 is 1.36 bits per heavy atom. The molecule has 11 heteroatoms. The van der Waals surface area contributed by atoms with Crippen LogP contribution in [0.2, 0.25) is 0 Å². The Labute approximate surface area is 355 Å². The number of ketones is 2. The molecule has 0 saturated heterocycles. The van der Waals surface area contributed by atoms with Gasteiger partial charge in [-0.25, -0.2) is 15.0 Å². The number of nitrogen functional groups attached to an aromatic ring is 1. The van der Waals surface area contributed by atoms with Crippen LogP contribution in [0.5, 0.6) is 0 Å². The van der Waals surface area contributed by atoms with Gasteiger partial charge >= 0.3 is 0 Å². The van der Waals surface area contributed by atoms with Crippen molar-refractivity contribution in [3.8, 4) is 20.9 Å². The van der Waals surface area contributed by atoms with Crippen LogP contribution in [0.3, 0.4) is 0 Å². The molecule has 4 aromatic carbocycles. The number of halogens is 1. The van der Waals surface area contributed by atoms with Crippen molar-refractivity contribution in [2.75, 3.05) is 25.2 Å². The fraction of sp³-hybridized carbons (Fsp3) is 0.267. The largest absolute Gasteiger partial charge is 0.375 e. The first-order chi connectivity index (χ1) is 26.8. The fourth-order valence-corrected chi connectivity index (χ4v) is 5.40. The number of nitrogens with zero attached hydrogens (tertiary/aromatic N) is 4. The lowest BCUT2D eigenvalue weighted by molar-refractivity contribution is 0.101. The number of thiazole rings is 2. The van der Waals surface area contributed by atoms with E-state index in [1.807, 2.05) is 190 Å². The predicted molar refractivity (Wildman–Crippen MR) is 254 cm³/mol. The molecule has 0 bridgehead atoms. The highest BCUT2D eigenvalue weighted by Crippen LogP contribution is 2.30. The summed E-state index contributed by atoms with van der Waals surface area (Å²) in [6.07, 6.45) is 5.42. The molecule has 0 spiro atoms. The van der Waals surface area contributed by atoms with Crippen molar-refractivity contribution in [1.29, 1.82) is 0 Å². The third-order valence-electron chi connectivity index (χ3n) is 5.93. The van der Waals surface area contributed by atoms with Gasteiger partial charge in [0.15, 0.2) is 16.7 Å². The quantitative estimate of drug-likeness (QED) is 0.0564. The number of aliphatic imine (C=N–C) groups is 1. The second-order valence-electron chi connectivity index (χ2n) is 9.86. The van der Waals surface area contributed by atoms with Crippen LogP contribution in [0, 0.1) is 0 Å². The first kappa shape index (κ1) is 55.6. The molecule has 0 fully saturated rings. The molecule has 3 radical (unpaired) electrons. The van der Waals surface area contributed by atoms with E-state index < -0.39 is 0 Å². The molecule has 0 unspecified atom stereocenters. The average molecular weight is 858 g/mol. The lowest BCUT2D eigenvalue weighted by Crippen LogP contribution is -2.06. The summed E-state index contributed by atoms with van der Waals surface area (Å²) in [5.74, 6) is 0.246. The standard InChI is InChI=1S/C12H13N3S.C9H8N2S.C8H7BrO.C8H8O.4C2H6.B/c1-15(2)9-14-12-13-8-11(16-12)10-6-4-3-5-7-10;10-9-11-6-8(12-9)7-4-2-1-3-5-7;9-6-8(10)7-4-2-1-3-5-7;1-7(9)8-5-3-2-4-6-8;4*1-2;/h3-9H,1-2H3;1-6H,(H2,10,11);1-5H,6H2;2-6H,1H3;4*1-2H3;. The zero-order valence-corrected chi connectivity index (χ0v) is 38.2. The first-order valence-electron chi connectivity index (χ1n) is 18.5. The van der Waals surface area contributed by atoms with Gasteiger partial charge in [-0.1, -0.05) is 215 Å². The van der Waals surface area contributed by atoms with Crippen LogP contribution in [-0.2, 0) is 0 Å². The predicted octanol–water partition coefficient (Wildman–Crippen LogP) is 13.3. The third kappa shape index (κ3) is 24.7. The molecular formula is C45H60BBrN5O2S2. The highest BCUT2D eigenvalue weighted by Gasteiger charge is 2.03. The minimum Gasteiger partial charge on any atom is -0.375 e. The maximum Gasteiger partial charge on any atom is 0.211 e. The van der Waals surface area contributed by atoms with Crippen LogP contribution in [-0.4, -0.2) is 60.6 Å². The molecule has 2 heterocycles. The summed E-state index contributed by atoms with van der Waals surface area (Å²) >= 11 is 6.20. The van der Waals surface area contributed by atoms with Crippen LogP contribution in [0.4, 0.5) is 10.3 Å². The molecule has 0 aliphatic carbocycles. The fourth-order valence-electron chi connectivity index (χ4n) is 3.62. The Kier molecular flexibility index (Phi) is 37.0. The maximum atomic E-state index is 11.0. The molecule has 6 rings (SSSR count). The van der Waals surface area contributed by atoms with E-state index in [0.717, 1.165) is 26.0 Å². The minimum atomic E-state index is 0. The van der Waals surface area contributed by atoms with Crippen LogP contribution in [0.1, 0.15) is 83.0 Å². The van der Waals surface area contributed by atoms with Gasteiger partial charge in [-0.2, -0.15) is 0 Å². The Balaban J connectivity index is -0.000000638. The molecule has 0 aliphatic rings. The summed E-state index contributed by atoms with van der Waals surface area (Å²) in [5.41, 5.74) is 9.42. The number of hydrogen-bond donors (Lipinski definition) is 1. The second kappa shape index (κ2) is 37.2. The number of rotatable bonds is 7. The van der Waals surface area contributed by atoms with Crippen molar-refractivity contribution in [3.63, 3.8) is 0 Å². The van der Waals surface area contributed by atoms with E-state index in [2.05, 4.69) is 43.0 Å².